The van der Waals surface area contributed by atoms with Crippen LogP contribution >= 0.6 is 0 Å². The number of benzene rings is 20. The first-order valence-corrected chi connectivity index (χ1v) is 51.0. The van der Waals surface area contributed by atoms with Crippen LogP contribution in [0, 0.1) is 66.2 Å². The summed E-state index contributed by atoms with van der Waals surface area (Å²) in [6.07, 6.45) is 9.19. The van der Waals surface area contributed by atoms with Crippen LogP contribution in [0.5, 0.6) is 0 Å². The number of aryl methyl sites for hydroxylation is 6. The summed E-state index contributed by atoms with van der Waals surface area (Å²) in [5.74, 6) is 4.50. The van der Waals surface area contributed by atoms with Gasteiger partial charge in [-0.3, -0.25) is 0 Å². The Labute approximate surface area is 850 Å². The van der Waals surface area contributed by atoms with Gasteiger partial charge in [-0.1, -0.05) is 489 Å². The lowest BCUT2D eigenvalue weighted by Crippen LogP contribution is -2.26. The van der Waals surface area contributed by atoms with E-state index in [4.69, 9.17) is 0 Å². The molecule has 0 saturated heterocycles. The SMILES string of the molecule is C#CC.C#CC.CC.CC.CC.CC.Cc1ccc(-c2ccc3c(c2)C2(c4cc(-c5ccccc5)ccc4-c4ccc(-c5ccccc5)cc42)c2cc(-c4ccc(C)cc4)ccc2-3)cc1.Cc1ccc(-c2ccc3c(c2)C2(c4ccccc4-c4ccccc42)c2cc(-c4ccc(C)cc4)ccc2-3)cc1.Cc1ccc2c(c1)C1(c3cc(C)ccc3-2)c2cc(-c3ccccc3)ccc2-c2ccc(-c3ccccc3)cc21. The Morgan fingerprint density at radius 2 is 0.259 bits per heavy atom. The first kappa shape index (κ1) is 96.8. The molecule has 0 fully saturated rings. The van der Waals surface area contributed by atoms with Crippen molar-refractivity contribution in [3.63, 3.8) is 0 Å². The molecule has 26 rings (SSSR count). The van der Waals surface area contributed by atoms with E-state index < -0.39 is 5.41 Å². The fraction of sp³-hybridized carbons (Fsp3) is 0.133. The average Bonchev–Trinajstić information content (AvgIpc) is 1.51. The molecule has 0 radical (unpaired) electrons. The molecule has 0 aromatic heterocycles. The molecule has 3 spiro atoms. The molecule has 0 N–H and O–H groups in total. The van der Waals surface area contributed by atoms with Gasteiger partial charge < -0.3 is 0 Å². The lowest BCUT2D eigenvalue weighted by Gasteiger charge is -2.32. The smallest absolute Gasteiger partial charge is 0.0726 e. The van der Waals surface area contributed by atoms with E-state index in [-0.39, 0.29) is 10.8 Å². The third kappa shape index (κ3) is 17.0. The molecule has 0 heteroatoms. The van der Waals surface area contributed by atoms with Crippen molar-refractivity contribution in [3.05, 3.63) is 549 Å². The minimum atomic E-state index is -0.508. The largest absolute Gasteiger partial charge is 0.120 e. The maximum atomic E-state index is 4.60. The van der Waals surface area contributed by atoms with E-state index in [1.165, 1.54) is 256 Å². The Morgan fingerprint density at radius 1 is 0.133 bits per heavy atom. The van der Waals surface area contributed by atoms with E-state index in [0.717, 1.165) is 0 Å². The summed E-state index contributed by atoms with van der Waals surface area (Å²) in [6, 6.07) is 168. The first-order chi connectivity index (χ1) is 70.2. The van der Waals surface area contributed by atoms with E-state index in [1.807, 2.05) is 55.4 Å². The maximum absolute atomic E-state index is 4.60. The summed E-state index contributed by atoms with van der Waals surface area (Å²) in [4.78, 5) is 0. The Bertz CT molecular complexity index is 7650. The van der Waals surface area contributed by atoms with Gasteiger partial charge in [0.1, 0.15) is 0 Å². The van der Waals surface area contributed by atoms with Crippen molar-refractivity contribution in [2.24, 2.45) is 0 Å². The second-order valence-corrected chi connectivity index (χ2v) is 37.0. The second kappa shape index (κ2) is 41.9. The van der Waals surface area contributed by atoms with Crippen LogP contribution in [0.1, 0.15) is 169 Å². The standard InChI is InChI=1S/C51H36.2C39H28.2C3H4.4C2H6/c1-33-13-17-37(18-14-33)41-23-27-45-46-28-24-42(38-19-15-34(2)16-20-38)32-50(46)51(49(45)31-41)47-29-39(35-9-5-3-6-10-35)21-25-43(47)44-26-22-40(30-48(44)51)36-11-7-4-8-12-36;1-25-11-15-27(16-12-25)29-19-21-33-34-22-20-30(28-17-13-26(2)14-18-28)24-38(34)39(37(33)23-29)35-9-5-3-7-31(35)32-8-4-6-10-36(32)39;1-25-13-17-31-32-18-14-26(2)22-36(32)39(35(31)21-25)37-23-29(27-9-5-3-6-10-27)15-19-33(37)34-20-16-30(24-38(34)39)28-11-7-4-8-12-28;2*1-3-2;4*1-2/h3-32H,1-2H3;2*3-24H,1-2H3;2*1H,2H3;4*1-2H3. The van der Waals surface area contributed by atoms with Gasteiger partial charge in [0, 0.05) is 0 Å². The lowest BCUT2D eigenvalue weighted by molar-refractivity contribution is 0.792. The molecule has 696 valence electrons. The molecule has 143 heavy (non-hydrogen) atoms. The van der Waals surface area contributed by atoms with Crippen LogP contribution in [0.3, 0.4) is 0 Å². The van der Waals surface area contributed by atoms with Crippen LogP contribution in [0.15, 0.2) is 449 Å². The van der Waals surface area contributed by atoms with E-state index in [2.05, 4.69) is 515 Å². The molecule has 20 aromatic carbocycles. The summed E-state index contributed by atoms with van der Waals surface area (Å²) in [7, 11) is 0. The van der Waals surface area contributed by atoms with E-state index in [0.29, 0.717) is 0 Å². The van der Waals surface area contributed by atoms with Gasteiger partial charge in [-0.25, -0.2) is 0 Å². The van der Waals surface area contributed by atoms with Crippen LogP contribution in [-0.2, 0) is 16.2 Å². The van der Waals surface area contributed by atoms with Gasteiger partial charge in [0.05, 0.1) is 16.2 Å². The lowest BCUT2D eigenvalue weighted by atomic mass is 9.69. The minimum Gasteiger partial charge on any atom is -0.120 e. The van der Waals surface area contributed by atoms with Gasteiger partial charge in [0.2, 0.25) is 0 Å². The molecule has 0 amide bonds. The van der Waals surface area contributed by atoms with E-state index in [1.54, 1.807) is 13.8 Å². The Balaban J connectivity index is 0.000000134. The molecule has 0 saturated carbocycles. The predicted molar refractivity (Wildman–Crippen MR) is 615 cm³/mol. The van der Waals surface area contributed by atoms with Crippen LogP contribution < -0.4 is 0 Å². The van der Waals surface area contributed by atoms with Crippen LogP contribution in [-0.4, -0.2) is 0 Å². The van der Waals surface area contributed by atoms with Crippen molar-refractivity contribution in [1.29, 1.82) is 0 Å². The first-order valence-electron chi connectivity index (χ1n) is 51.0. The van der Waals surface area contributed by atoms with E-state index >= 15 is 0 Å². The topological polar surface area (TPSA) is 0 Å². The highest BCUT2D eigenvalue weighted by atomic mass is 14.6. The Kier molecular flexibility index (Phi) is 28.4. The van der Waals surface area contributed by atoms with Gasteiger partial charge in [-0.15, -0.1) is 24.7 Å². The summed E-state index contributed by atoms with van der Waals surface area (Å²) in [6.45, 7) is 32.4. The highest BCUT2D eigenvalue weighted by Crippen LogP contribution is 2.68. The molecule has 20 aromatic rings. The summed E-state index contributed by atoms with van der Waals surface area (Å²) >= 11 is 0. The number of rotatable bonds is 8. The van der Waals surface area contributed by atoms with E-state index in [9.17, 15) is 0 Å². The molecular weight excluding hydrogens is 1720 g/mol. The zero-order valence-electron chi connectivity index (χ0n) is 85.4. The third-order valence-electron chi connectivity index (χ3n) is 28.9. The number of terminal acetylenes is 2. The van der Waals surface area contributed by atoms with Gasteiger partial charge in [0.25, 0.3) is 0 Å². The number of hydrogen-bond donors (Lipinski definition) is 0. The molecule has 0 heterocycles. The predicted octanol–water partition coefficient (Wildman–Crippen LogP) is 38.7. The normalized spacial score (nSPS) is 12.3. The Morgan fingerprint density at radius 3 is 0.448 bits per heavy atom. The van der Waals surface area contributed by atoms with Gasteiger partial charge in [-0.2, -0.15) is 0 Å². The highest BCUT2D eigenvalue weighted by molar-refractivity contribution is 6.02. The quantitative estimate of drug-likeness (QED) is 0.133. The molecule has 0 unspecified atom stereocenters. The summed E-state index contributed by atoms with van der Waals surface area (Å²) in [5, 5.41) is 0. The Hall–Kier alpha value is -16.5. The molecular formula is C143H124. The van der Waals surface area contributed by atoms with Crippen LogP contribution in [0.25, 0.3) is 156 Å². The van der Waals surface area contributed by atoms with Gasteiger partial charge >= 0.3 is 0 Å². The van der Waals surface area contributed by atoms with Crippen molar-refractivity contribution in [2.45, 2.75) is 127 Å². The molecule has 0 nitrogen and oxygen atoms in total. The van der Waals surface area contributed by atoms with Crippen molar-refractivity contribution in [1.82, 2.24) is 0 Å². The summed E-state index contributed by atoms with van der Waals surface area (Å²) < 4.78 is 0. The van der Waals surface area contributed by atoms with Gasteiger partial charge in [-0.05, 0) is 326 Å². The minimum absolute atomic E-state index is 0.348. The molecule has 0 atom stereocenters. The molecule has 0 aliphatic heterocycles. The van der Waals surface area contributed by atoms with Crippen LogP contribution in [0.4, 0.5) is 0 Å². The molecule has 6 aliphatic carbocycles. The van der Waals surface area contributed by atoms with Crippen molar-refractivity contribution < 1.29 is 0 Å². The molecule has 6 aliphatic rings. The number of hydrogen-bond acceptors (Lipinski definition) is 0. The zero-order chi connectivity index (χ0) is 99.8. The fourth-order valence-corrected chi connectivity index (χ4v) is 22.8. The maximum Gasteiger partial charge on any atom is 0.0726 e. The zero-order valence-corrected chi connectivity index (χ0v) is 85.4. The highest BCUT2D eigenvalue weighted by Gasteiger charge is 2.56. The van der Waals surface area contributed by atoms with Crippen molar-refractivity contribution in [3.8, 4) is 180 Å². The average molecular weight is 1840 g/mol. The van der Waals surface area contributed by atoms with Crippen molar-refractivity contribution in [2.75, 3.05) is 0 Å². The summed E-state index contributed by atoms with van der Waals surface area (Å²) in [5.41, 5.74) is 59.0. The monoisotopic (exact) mass is 1840 g/mol. The number of fused-ring (bicyclic) bond motifs is 30. The fourth-order valence-electron chi connectivity index (χ4n) is 22.8. The molecule has 0 bridgehead atoms. The third-order valence-corrected chi connectivity index (χ3v) is 28.9. The van der Waals surface area contributed by atoms with Crippen LogP contribution in [0.2, 0.25) is 0 Å². The van der Waals surface area contributed by atoms with Crippen molar-refractivity contribution >= 4 is 0 Å². The second-order valence-electron chi connectivity index (χ2n) is 37.0. The van der Waals surface area contributed by atoms with Gasteiger partial charge in [0.15, 0.2) is 0 Å².